The molecule has 0 aliphatic heterocycles. The van der Waals surface area contributed by atoms with E-state index in [1.807, 2.05) is 32.0 Å². The minimum absolute atomic E-state index is 0.0279. The summed E-state index contributed by atoms with van der Waals surface area (Å²) in [6.07, 6.45) is 0. The number of aromatic carboxylic acids is 1. The van der Waals surface area contributed by atoms with E-state index >= 15 is 0 Å². The highest BCUT2D eigenvalue weighted by atomic mass is 32.1. The van der Waals surface area contributed by atoms with Gasteiger partial charge < -0.3 is 19.3 Å². The van der Waals surface area contributed by atoms with Gasteiger partial charge in [-0.15, -0.1) is 11.3 Å². The van der Waals surface area contributed by atoms with E-state index in [1.54, 1.807) is 19.2 Å². The second-order valence-electron chi connectivity index (χ2n) is 6.23. The molecule has 146 valence electrons. The maximum Gasteiger partial charge on any atom is 0.355 e. The normalized spacial score (nSPS) is 10.5. The Morgan fingerprint density at radius 2 is 1.75 bits per heavy atom. The van der Waals surface area contributed by atoms with Gasteiger partial charge in [-0.25, -0.2) is 9.78 Å². The summed E-state index contributed by atoms with van der Waals surface area (Å²) in [5.74, 6) is 0.906. The highest BCUT2D eigenvalue weighted by molar-refractivity contribution is 7.13. The van der Waals surface area contributed by atoms with Crippen LogP contribution in [-0.4, -0.2) is 36.4 Å². The molecule has 1 heterocycles. The van der Waals surface area contributed by atoms with Gasteiger partial charge in [-0.3, -0.25) is 0 Å². The summed E-state index contributed by atoms with van der Waals surface area (Å²) in [4.78, 5) is 15.2. The summed E-state index contributed by atoms with van der Waals surface area (Å²) in [5, 5.41) is 11.2. The first-order valence-corrected chi connectivity index (χ1v) is 9.55. The van der Waals surface area contributed by atoms with Crippen LogP contribution >= 0.6 is 11.3 Å². The highest BCUT2D eigenvalue weighted by Crippen LogP contribution is 2.33. The van der Waals surface area contributed by atoms with Crippen LogP contribution in [-0.2, 0) is 0 Å². The van der Waals surface area contributed by atoms with Gasteiger partial charge in [0.25, 0.3) is 0 Å². The Hall–Kier alpha value is -3.06. The Balaban J connectivity index is 1.67. The predicted octanol–water partition coefficient (Wildman–Crippen LogP) is 4.59. The number of carboxylic acid groups (broad SMARTS) is 1. The number of aromatic nitrogens is 1. The van der Waals surface area contributed by atoms with Gasteiger partial charge in [0.2, 0.25) is 0 Å². The molecule has 0 radical (unpaired) electrons. The Kier molecular flexibility index (Phi) is 6.16. The third-order valence-electron chi connectivity index (χ3n) is 3.94. The predicted molar refractivity (Wildman–Crippen MR) is 108 cm³/mol. The van der Waals surface area contributed by atoms with Gasteiger partial charge in [-0.2, -0.15) is 0 Å². The SMILES string of the molecule is COc1ccc(-c2nc(C(=O)O)cs2)cc1OCCOc1cc(C)cc(C)c1. The van der Waals surface area contributed by atoms with E-state index in [0.717, 1.165) is 22.4 Å². The molecular formula is C21H21NO5S. The topological polar surface area (TPSA) is 77.9 Å². The fourth-order valence-corrected chi connectivity index (χ4v) is 3.55. The number of methoxy groups -OCH3 is 1. The number of aryl methyl sites for hydroxylation is 2. The Bertz CT molecular complexity index is 962. The minimum Gasteiger partial charge on any atom is -0.493 e. The molecule has 0 bridgehead atoms. The second kappa shape index (κ2) is 8.75. The second-order valence-corrected chi connectivity index (χ2v) is 7.09. The van der Waals surface area contributed by atoms with Crippen LogP contribution in [0.4, 0.5) is 0 Å². The van der Waals surface area contributed by atoms with Crippen molar-refractivity contribution in [3.8, 4) is 27.8 Å². The van der Waals surface area contributed by atoms with Crippen molar-refractivity contribution < 1.29 is 24.1 Å². The Morgan fingerprint density at radius 1 is 1.04 bits per heavy atom. The number of hydrogen-bond acceptors (Lipinski definition) is 6. The summed E-state index contributed by atoms with van der Waals surface area (Å²) < 4.78 is 17.0. The quantitative estimate of drug-likeness (QED) is 0.558. The first-order valence-electron chi connectivity index (χ1n) is 8.67. The number of carboxylic acids is 1. The fourth-order valence-electron chi connectivity index (χ4n) is 2.75. The summed E-state index contributed by atoms with van der Waals surface area (Å²) in [7, 11) is 1.57. The lowest BCUT2D eigenvalue weighted by atomic mass is 10.1. The van der Waals surface area contributed by atoms with Crippen molar-refractivity contribution in [2.75, 3.05) is 20.3 Å². The van der Waals surface area contributed by atoms with Crippen molar-refractivity contribution in [1.82, 2.24) is 4.98 Å². The van der Waals surface area contributed by atoms with Crippen molar-refractivity contribution in [1.29, 1.82) is 0 Å². The van der Waals surface area contributed by atoms with Crippen LogP contribution in [0.3, 0.4) is 0 Å². The number of thiazole rings is 1. The van der Waals surface area contributed by atoms with E-state index in [2.05, 4.69) is 11.1 Å². The third kappa shape index (κ3) is 4.80. The molecule has 6 nitrogen and oxygen atoms in total. The minimum atomic E-state index is -1.05. The van der Waals surface area contributed by atoms with Crippen molar-refractivity contribution in [3.05, 3.63) is 58.6 Å². The molecule has 0 atom stereocenters. The molecule has 0 unspecified atom stereocenters. The molecule has 0 fully saturated rings. The van der Waals surface area contributed by atoms with Crippen LogP contribution in [0, 0.1) is 13.8 Å². The lowest BCUT2D eigenvalue weighted by Gasteiger charge is -2.13. The summed E-state index contributed by atoms with van der Waals surface area (Å²) in [6, 6.07) is 11.4. The van der Waals surface area contributed by atoms with E-state index in [0.29, 0.717) is 29.7 Å². The average molecular weight is 399 g/mol. The monoisotopic (exact) mass is 399 g/mol. The van der Waals surface area contributed by atoms with E-state index in [9.17, 15) is 4.79 Å². The average Bonchev–Trinajstić information content (AvgIpc) is 3.15. The molecule has 1 aromatic heterocycles. The van der Waals surface area contributed by atoms with Crippen LogP contribution in [0.1, 0.15) is 21.6 Å². The lowest BCUT2D eigenvalue weighted by molar-refractivity contribution is 0.0691. The molecule has 0 aliphatic carbocycles. The number of rotatable bonds is 8. The molecule has 28 heavy (non-hydrogen) atoms. The van der Waals surface area contributed by atoms with E-state index in [-0.39, 0.29) is 5.69 Å². The Morgan fingerprint density at radius 3 is 2.39 bits per heavy atom. The molecule has 3 aromatic rings. The van der Waals surface area contributed by atoms with Crippen molar-refractivity contribution in [2.24, 2.45) is 0 Å². The van der Waals surface area contributed by atoms with Gasteiger partial charge in [-0.1, -0.05) is 6.07 Å². The zero-order chi connectivity index (χ0) is 20.1. The van der Waals surface area contributed by atoms with Gasteiger partial charge in [0, 0.05) is 10.9 Å². The molecule has 1 N–H and O–H groups in total. The molecule has 0 spiro atoms. The van der Waals surface area contributed by atoms with Crippen LogP contribution in [0.2, 0.25) is 0 Å². The number of ether oxygens (including phenoxy) is 3. The molecule has 0 saturated carbocycles. The third-order valence-corrected chi connectivity index (χ3v) is 4.83. The van der Waals surface area contributed by atoms with Gasteiger partial charge >= 0.3 is 5.97 Å². The maximum atomic E-state index is 11.0. The lowest BCUT2D eigenvalue weighted by Crippen LogP contribution is -2.09. The van der Waals surface area contributed by atoms with Crippen LogP contribution in [0.5, 0.6) is 17.2 Å². The first-order chi connectivity index (χ1) is 13.5. The molecule has 3 rings (SSSR count). The number of benzene rings is 2. The number of carbonyl (C=O) groups is 1. The van der Waals surface area contributed by atoms with E-state index in [1.165, 1.54) is 16.7 Å². The number of hydrogen-bond donors (Lipinski definition) is 1. The molecule has 2 aromatic carbocycles. The molecule has 0 saturated heterocycles. The van der Waals surface area contributed by atoms with Gasteiger partial charge in [-0.05, 0) is 55.3 Å². The zero-order valence-corrected chi connectivity index (χ0v) is 16.7. The van der Waals surface area contributed by atoms with Crippen LogP contribution in [0.15, 0.2) is 41.8 Å². The summed E-state index contributed by atoms with van der Waals surface area (Å²) in [6.45, 7) is 4.78. The van der Waals surface area contributed by atoms with E-state index in [4.69, 9.17) is 19.3 Å². The summed E-state index contributed by atoms with van der Waals surface area (Å²) >= 11 is 1.27. The fraction of sp³-hybridized carbons (Fsp3) is 0.238. The van der Waals surface area contributed by atoms with Crippen LogP contribution < -0.4 is 14.2 Å². The van der Waals surface area contributed by atoms with Crippen molar-refractivity contribution in [2.45, 2.75) is 13.8 Å². The van der Waals surface area contributed by atoms with Crippen LogP contribution in [0.25, 0.3) is 10.6 Å². The largest absolute Gasteiger partial charge is 0.493 e. The molecule has 0 amide bonds. The first kappa shape index (κ1) is 19.7. The highest BCUT2D eigenvalue weighted by Gasteiger charge is 2.13. The smallest absolute Gasteiger partial charge is 0.355 e. The standard InChI is InChI=1S/C21H21NO5S/c1-13-8-14(2)10-16(9-13)26-6-7-27-19-11-15(4-5-18(19)25-3)20-22-17(12-28-20)21(23)24/h4-5,8-12H,6-7H2,1-3H3,(H,23,24). The molecule has 0 aliphatic rings. The van der Waals surface area contributed by atoms with Crippen molar-refractivity contribution >= 4 is 17.3 Å². The Labute approximate surface area is 167 Å². The van der Waals surface area contributed by atoms with Gasteiger partial charge in [0.15, 0.2) is 17.2 Å². The molecular weight excluding hydrogens is 378 g/mol. The van der Waals surface area contributed by atoms with Crippen molar-refractivity contribution in [3.63, 3.8) is 0 Å². The maximum absolute atomic E-state index is 11.0. The zero-order valence-electron chi connectivity index (χ0n) is 15.9. The van der Waals surface area contributed by atoms with E-state index < -0.39 is 5.97 Å². The number of nitrogens with zero attached hydrogens (tertiary/aromatic N) is 1. The summed E-state index contributed by atoms with van der Waals surface area (Å²) in [5.41, 5.74) is 3.09. The molecule has 7 heteroatoms. The van der Waals surface area contributed by atoms with Gasteiger partial charge in [0.1, 0.15) is 24.0 Å². The van der Waals surface area contributed by atoms with Gasteiger partial charge in [0.05, 0.1) is 7.11 Å².